The fraction of sp³-hybridized carbons (Fsp3) is 0.222. The van der Waals surface area contributed by atoms with E-state index in [9.17, 15) is 0 Å². The van der Waals surface area contributed by atoms with E-state index in [2.05, 4.69) is 10.3 Å². The van der Waals surface area contributed by atoms with Crippen LogP contribution in [0.2, 0.25) is 5.02 Å². The van der Waals surface area contributed by atoms with Gasteiger partial charge in [0.15, 0.2) is 0 Å². The normalized spacial score (nSPS) is 10.7. The molecule has 5 heteroatoms. The molecule has 0 N–H and O–H groups in total. The van der Waals surface area contributed by atoms with E-state index in [0.29, 0.717) is 6.61 Å². The summed E-state index contributed by atoms with van der Waals surface area (Å²) < 4.78 is 7.44. The Labute approximate surface area is 140 Å². The Morgan fingerprint density at radius 2 is 1.91 bits per heavy atom. The molecule has 0 atom stereocenters. The lowest BCUT2D eigenvalue weighted by Crippen LogP contribution is -1.99. The van der Waals surface area contributed by atoms with Crippen LogP contribution in [0.1, 0.15) is 18.2 Å². The Hall–Kier alpha value is -2.33. The van der Waals surface area contributed by atoms with Crippen molar-refractivity contribution in [3.63, 3.8) is 0 Å². The van der Waals surface area contributed by atoms with Crippen LogP contribution in [0.4, 0.5) is 0 Å². The molecule has 0 bridgehead atoms. The monoisotopic (exact) mass is 327 g/mol. The maximum Gasteiger partial charge on any atom is 0.122 e. The molecule has 2 aromatic carbocycles. The van der Waals surface area contributed by atoms with Crippen molar-refractivity contribution in [3.05, 3.63) is 71.0 Å². The first kappa shape index (κ1) is 15.6. The van der Waals surface area contributed by atoms with Crippen LogP contribution in [0.15, 0.2) is 54.7 Å². The first-order valence-corrected chi connectivity index (χ1v) is 8.02. The summed E-state index contributed by atoms with van der Waals surface area (Å²) in [5.41, 5.74) is 3.04. The van der Waals surface area contributed by atoms with Crippen LogP contribution >= 0.6 is 11.6 Å². The highest BCUT2D eigenvalue weighted by atomic mass is 35.5. The minimum atomic E-state index is 0.638. The molecular weight excluding hydrogens is 310 g/mol. The number of hydrogen-bond acceptors (Lipinski definition) is 3. The average molecular weight is 328 g/mol. The topological polar surface area (TPSA) is 39.9 Å². The molecule has 23 heavy (non-hydrogen) atoms. The molecule has 118 valence electrons. The molecule has 3 rings (SSSR count). The largest absolute Gasteiger partial charge is 0.494 e. The third-order valence-corrected chi connectivity index (χ3v) is 3.77. The zero-order valence-electron chi connectivity index (χ0n) is 12.9. The summed E-state index contributed by atoms with van der Waals surface area (Å²) in [5.74, 6) is 0.882. The molecule has 0 aliphatic carbocycles. The second kappa shape index (κ2) is 7.29. The van der Waals surface area contributed by atoms with Gasteiger partial charge in [0.1, 0.15) is 5.75 Å². The van der Waals surface area contributed by atoms with Gasteiger partial charge in [0.05, 0.1) is 24.2 Å². The highest BCUT2D eigenvalue weighted by Crippen LogP contribution is 2.24. The Kier molecular flexibility index (Phi) is 4.93. The quantitative estimate of drug-likeness (QED) is 0.684. The molecule has 0 fully saturated rings. The number of para-hydroxylation sites is 1. The first-order valence-electron chi connectivity index (χ1n) is 7.64. The van der Waals surface area contributed by atoms with E-state index in [1.807, 2.05) is 61.7 Å². The summed E-state index contributed by atoms with van der Waals surface area (Å²) in [7, 11) is 0. The lowest BCUT2D eigenvalue weighted by atomic mass is 10.1. The summed E-state index contributed by atoms with van der Waals surface area (Å²) in [5, 5.41) is 9.15. The van der Waals surface area contributed by atoms with Crippen LogP contribution < -0.4 is 4.74 Å². The fourth-order valence-electron chi connectivity index (χ4n) is 2.42. The lowest BCUT2D eigenvalue weighted by molar-refractivity contribution is 0.336. The molecule has 0 saturated heterocycles. The van der Waals surface area contributed by atoms with Crippen molar-refractivity contribution >= 4 is 11.6 Å². The van der Waals surface area contributed by atoms with Crippen molar-refractivity contribution in [2.45, 2.75) is 19.8 Å². The van der Waals surface area contributed by atoms with Crippen molar-refractivity contribution in [2.24, 2.45) is 0 Å². The molecule has 3 aromatic rings. The van der Waals surface area contributed by atoms with Crippen LogP contribution in [-0.2, 0) is 12.8 Å². The number of rotatable bonds is 6. The number of ether oxygens (including phenoxy) is 1. The van der Waals surface area contributed by atoms with Gasteiger partial charge < -0.3 is 4.74 Å². The standard InChI is InChI=1S/C18H18ClN3O/c1-2-23-18-11-9-15(19)12-14(18)8-10-16-13-22(21-20-16)17-6-4-3-5-7-17/h3-7,9,11-13H,2,8,10H2,1H3. The summed E-state index contributed by atoms with van der Waals surface area (Å²) in [4.78, 5) is 0. The average Bonchev–Trinajstić information content (AvgIpc) is 3.05. The summed E-state index contributed by atoms with van der Waals surface area (Å²) in [6.07, 6.45) is 3.55. The third-order valence-electron chi connectivity index (χ3n) is 3.53. The van der Waals surface area contributed by atoms with Gasteiger partial charge in [-0.2, -0.15) is 0 Å². The predicted octanol–water partition coefficient (Wildman–Crippen LogP) is 4.10. The smallest absolute Gasteiger partial charge is 0.122 e. The number of aryl methyl sites for hydroxylation is 2. The summed E-state index contributed by atoms with van der Waals surface area (Å²) in [6.45, 7) is 2.61. The van der Waals surface area contributed by atoms with E-state index in [-0.39, 0.29) is 0 Å². The Bertz CT molecular complexity index is 771. The van der Waals surface area contributed by atoms with Crippen LogP contribution in [0, 0.1) is 0 Å². The van der Waals surface area contributed by atoms with Crippen LogP contribution in [0.5, 0.6) is 5.75 Å². The van der Waals surface area contributed by atoms with E-state index in [1.165, 1.54) is 0 Å². The van der Waals surface area contributed by atoms with Gasteiger partial charge in [-0.15, -0.1) is 5.10 Å². The van der Waals surface area contributed by atoms with Crippen LogP contribution in [0.25, 0.3) is 5.69 Å². The Morgan fingerprint density at radius 1 is 1.09 bits per heavy atom. The zero-order valence-corrected chi connectivity index (χ0v) is 13.7. The van der Waals surface area contributed by atoms with E-state index < -0.39 is 0 Å². The van der Waals surface area contributed by atoms with Crippen molar-refractivity contribution in [1.82, 2.24) is 15.0 Å². The number of nitrogens with zero attached hydrogens (tertiary/aromatic N) is 3. The summed E-state index contributed by atoms with van der Waals surface area (Å²) in [6, 6.07) is 15.7. The molecule has 0 saturated carbocycles. The van der Waals surface area contributed by atoms with Crippen molar-refractivity contribution < 1.29 is 4.74 Å². The van der Waals surface area contributed by atoms with Gasteiger partial charge >= 0.3 is 0 Å². The van der Waals surface area contributed by atoms with E-state index >= 15 is 0 Å². The zero-order chi connectivity index (χ0) is 16.1. The minimum absolute atomic E-state index is 0.638. The fourth-order valence-corrected chi connectivity index (χ4v) is 2.62. The van der Waals surface area contributed by atoms with E-state index in [1.54, 1.807) is 4.68 Å². The Balaban J connectivity index is 1.72. The first-order chi connectivity index (χ1) is 11.3. The number of benzene rings is 2. The second-order valence-corrected chi connectivity index (χ2v) is 5.61. The number of hydrogen-bond donors (Lipinski definition) is 0. The molecule has 0 amide bonds. The minimum Gasteiger partial charge on any atom is -0.494 e. The molecule has 0 radical (unpaired) electrons. The van der Waals surface area contributed by atoms with E-state index in [4.69, 9.17) is 16.3 Å². The van der Waals surface area contributed by atoms with Gasteiger partial charge in [-0.1, -0.05) is 35.0 Å². The van der Waals surface area contributed by atoms with Gasteiger partial charge in [-0.05, 0) is 55.7 Å². The highest BCUT2D eigenvalue weighted by molar-refractivity contribution is 6.30. The molecule has 1 aromatic heterocycles. The predicted molar refractivity (Wildman–Crippen MR) is 91.4 cm³/mol. The van der Waals surface area contributed by atoms with Crippen LogP contribution in [0.3, 0.4) is 0 Å². The van der Waals surface area contributed by atoms with Gasteiger partial charge in [-0.3, -0.25) is 0 Å². The molecule has 1 heterocycles. The summed E-state index contributed by atoms with van der Waals surface area (Å²) >= 11 is 6.10. The van der Waals surface area contributed by atoms with Gasteiger partial charge in [-0.25, -0.2) is 4.68 Å². The molecule has 0 aliphatic rings. The lowest BCUT2D eigenvalue weighted by Gasteiger charge is -2.09. The van der Waals surface area contributed by atoms with Crippen molar-refractivity contribution in [1.29, 1.82) is 0 Å². The van der Waals surface area contributed by atoms with Crippen molar-refractivity contribution in [3.8, 4) is 11.4 Å². The maximum absolute atomic E-state index is 6.10. The number of aromatic nitrogens is 3. The number of halogens is 1. The molecular formula is C18H18ClN3O. The third kappa shape index (κ3) is 3.90. The van der Waals surface area contributed by atoms with Gasteiger partial charge in [0.2, 0.25) is 0 Å². The molecule has 0 aliphatic heterocycles. The van der Waals surface area contributed by atoms with Crippen LogP contribution in [-0.4, -0.2) is 21.6 Å². The maximum atomic E-state index is 6.10. The molecule has 4 nitrogen and oxygen atoms in total. The Morgan fingerprint density at radius 3 is 2.70 bits per heavy atom. The SMILES string of the molecule is CCOc1ccc(Cl)cc1CCc1cn(-c2ccccc2)nn1. The van der Waals surface area contributed by atoms with Gasteiger partial charge in [0, 0.05) is 5.02 Å². The molecule has 0 spiro atoms. The van der Waals surface area contributed by atoms with Gasteiger partial charge in [0.25, 0.3) is 0 Å². The molecule has 0 unspecified atom stereocenters. The van der Waals surface area contributed by atoms with Crippen molar-refractivity contribution in [2.75, 3.05) is 6.61 Å². The highest BCUT2D eigenvalue weighted by Gasteiger charge is 2.08. The second-order valence-electron chi connectivity index (χ2n) is 5.18. The van der Waals surface area contributed by atoms with E-state index in [0.717, 1.165) is 40.6 Å².